The molecule has 0 atom stereocenters. The number of nitrogens with zero attached hydrogens (tertiary/aromatic N) is 2. The number of aromatic nitrogens is 2. The van der Waals surface area contributed by atoms with Crippen LogP contribution in [-0.2, 0) is 32.9 Å². The van der Waals surface area contributed by atoms with Crippen molar-refractivity contribution in [1.82, 2.24) is 9.97 Å². The SMILES string of the molecule is [2H]C([2H])(c1cc(-c2[c-]cccc2)ncc1[Si](C)(C)C)C(C)(C)C.[2H]C([2H])(c1ccnc(-c2[c-]ccc3c2sc2cc(-c4ccccc4)ccc23)c1)C1CCCCC1.[Ir]. The Balaban J connectivity index is 0.000000208. The van der Waals surface area contributed by atoms with E-state index in [-0.39, 0.29) is 26.0 Å². The summed E-state index contributed by atoms with van der Waals surface area (Å²) in [6.07, 6.45) is 6.30. The van der Waals surface area contributed by atoms with E-state index in [9.17, 15) is 0 Å². The Kier molecular flexibility index (Phi) is 11.2. The summed E-state index contributed by atoms with van der Waals surface area (Å²) in [4.78, 5) is 9.27. The van der Waals surface area contributed by atoms with E-state index in [0.717, 1.165) is 69.2 Å². The quantitative estimate of drug-likeness (QED) is 0.118. The average Bonchev–Trinajstić information content (AvgIpc) is 3.59. The third-order valence-electron chi connectivity index (χ3n) is 9.74. The van der Waals surface area contributed by atoms with Gasteiger partial charge in [0.05, 0.1) is 8.07 Å². The number of hydrogen-bond donors (Lipinski definition) is 0. The first-order chi connectivity index (χ1) is 27.1. The van der Waals surface area contributed by atoms with Crippen LogP contribution in [0.4, 0.5) is 0 Å². The molecule has 1 aliphatic rings. The number of thiophene rings is 1. The van der Waals surface area contributed by atoms with Crippen molar-refractivity contribution in [2.24, 2.45) is 11.3 Å². The first kappa shape index (κ1) is 34.7. The Morgan fingerprint density at radius 2 is 1.56 bits per heavy atom. The molecule has 5 heteroatoms. The molecule has 3 aromatic heterocycles. The summed E-state index contributed by atoms with van der Waals surface area (Å²) in [5.74, 6) is 0.0806. The Morgan fingerprint density at radius 3 is 2.28 bits per heavy atom. The van der Waals surface area contributed by atoms with E-state index in [1.165, 1.54) is 33.0 Å². The summed E-state index contributed by atoms with van der Waals surface area (Å²) in [7, 11) is -1.70. The van der Waals surface area contributed by atoms with Crippen molar-refractivity contribution < 1.29 is 25.6 Å². The Morgan fingerprint density at radius 1 is 0.778 bits per heavy atom. The second-order valence-corrected chi connectivity index (χ2v) is 22.3. The van der Waals surface area contributed by atoms with Crippen LogP contribution in [0.5, 0.6) is 0 Å². The zero-order chi connectivity index (χ0) is 40.6. The first-order valence-electron chi connectivity index (χ1n) is 20.9. The van der Waals surface area contributed by atoms with E-state index in [1.807, 2.05) is 81.6 Å². The van der Waals surface area contributed by atoms with Gasteiger partial charge in [0.1, 0.15) is 0 Å². The molecule has 8 rings (SSSR count). The van der Waals surface area contributed by atoms with Crippen LogP contribution in [0.3, 0.4) is 0 Å². The van der Waals surface area contributed by atoms with Gasteiger partial charge in [-0.25, -0.2) is 0 Å². The van der Waals surface area contributed by atoms with Crippen LogP contribution < -0.4 is 5.19 Å². The van der Waals surface area contributed by atoms with Gasteiger partial charge in [-0.2, -0.15) is 11.3 Å². The summed E-state index contributed by atoms with van der Waals surface area (Å²) < 4.78 is 37.7. The molecule has 0 spiro atoms. The van der Waals surface area contributed by atoms with Gasteiger partial charge in [-0.05, 0) is 74.0 Å². The van der Waals surface area contributed by atoms with Crippen LogP contribution in [0.1, 0.15) is 69.5 Å². The molecule has 1 radical (unpaired) electrons. The second-order valence-electron chi connectivity index (χ2n) is 16.2. The van der Waals surface area contributed by atoms with Gasteiger partial charge in [-0.3, -0.25) is 0 Å². The zero-order valence-electron chi connectivity index (χ0n) is 36.2. The average molecular weight is 925 g/mol. The van der Waals surface area contributed by atoms with Crippen molar-refractivity contribution in [2.45, 2.75) is 85.3 Å². The molecular formula is C49H52IrN2SSi-2. The van der Waals surface area contributed by atoms with Crippen molar-refractivity contribution in [1.29, 1.82) is 0 Å². The van der Waals surface area contributed by atoms with E-state index in [2.05, 4.69) is 90.3 Å². The minimum absolute atomic E-state index is 0. The molecule has 0 unspecified atom stereocenters. The zero-order valence-corrected chi connectivity index (χ0v) is 36.4. The molecule has 3 heterocycles. The fourth-order valence-electron chi connectivity index (χ4n) is 7.14. The molecule has 0 saturated heterocycles. The fourth-order valence-corrected chi connectivity index (χ4v) is 9.78. The predicted octanol–water partition coefficient (Wildman–Crippen LogP) is 13.4. The fraction of sp³-hybridized carbons (Fsp3) is 0.306. The van der Waals surface area contributed by atoms with Crippen LogP contribution in [-0.4, -0.2) is 18.0 Å². The Hall–Kier alpha value is -3.73. The summed E-state index contributed by atoms with van der Waals surface area (Å²) >= 11 is 1.77. The normalized spacial score (nSPS) is 15.3. The largest absolute Gasteiger partial charge is 0.305 e. The summed E-state index contributed by atoms with van der Waals surface area (Å²) in [6, 6.07) is 41.3. The molecule has 0 N–H and O–H groups in total. The van der Waals surface area contributed by atoms with Gasteiger partial charge < -0.3 is 9.97 Å². The monoisotopic (exact) mass is 925 g/mol. The Bertz CT molecular complexity index is 2490. The van der Waals surface area contributed by atoms with Crippen LogP contribution in [0.15, 0.2) is 116 Å². The number of pyridine rings is 2. The minimum atomic E-state index is -1.70. The van der Waals surface area contributed by atoms with Crippen molar-refractivity contribution in [3.05, 3.63) is 139 Å². The van der Waals surface area contributed by atoms with E-state index >= 15 is 0 Å². The van der Waals surface area contributed by atoms with Gasteiger partial charge in [0.25, 0.3) is 0 Å². The molecule has 1 saturated carbocycles. The first-order valence-corrected chi connectivity index (χ1v) is 23.2. The molecule has 0 bridgehead atoms. The van der Waals surface area contributed by atoms with Gasteiger partial charge >= 0.3 is 0 Å². The molecule has 1 aliphatic carbocycles. The number of rotatable bonds is 7. The van der Waals surface area contributed by atoms with Gasteiger partial charge in [-0.15, -0.1) is 59.7 Å². The second kappa shape index (κ2) is 17.4. The number of benzene rings is 4. The van der Waals surface area contributed by atoms with E-state index in [0.29, 0.717) is 0 Å². The molecule has 0 amide bonds. The standard InChI is InChI=1S/C30H26NS.C19H26NSi.Ir/c1-3-8-21(9-4-1)18-22-16-17-31-28(19-22)27-13-7-12-26-25-15-14-24(20-29(25)32-30(26)27)23-10-5-2-6-11-23;1-19(2,3)13-16-12-17(15-10-8-7-9-11-15)20-14-18(16)21(4,5)6;/h2,5-7,10-12,14-17,19-21H,1,3-4,8-9,18H2;7-10,12,14H,13H2,1-6H3;/q2*-1;/i18D2;13D2;. The van der Waals surface area contributed by atoms with Crippen molar-refractivity contribution in [3.8, 4) is 33.6 Å². The van der Waals surface area contributed by atoms with Gasteiger partial charge in [0, 0.05) is 42.7 Å². The molecule has 54 heavy (non-hydrogen) atoms. The van der Waals surface area contributed by atoms with Crippen molar-refractivity contribution >= 4 is 44.8 Å². The molecule has 4 aromatic carbocycles. The van der Waals surface area contributed by atoms with Gasteiger partial charge in [0.2, 0.25) is 0 Å². The number of fused-ring (bicyclic) bond motifs is 3. The maximum absolute atomic E-state index is 8.91. The summed E-state index contributed by atoms with van der Waals surface area (Å²) in [5.41, 5.74) is 6.92. The molecule has 7 aromatic rings. The topological polar surface area (TPSA) is 25.8 Å². The maximum atomic E-state index is 8.91. The maximum Gasteiger partial charge on any atom is 0.0798 e. The van der Waals surface area contributed by atoms with Gasteiger partial charge in [-0.1, -0.05) is 144 Å². The summed E-state index contributed by atoms with van der Waals surface area (Å²) in [6.45, 7) is 12.6. The van der Waals surface area contributed by atoms with Crippen molar-refractivity contribution in [3.63, 3.8) is 0 Å². The molecular weight excluding hydrogens is 869 g/mol. The smallest absolute Gasteiger partial charge is 0.0798 e. The number of hydrogen-bond acceptors (Lipinski definition) is 3. The third kappa shape index (κ3) is 9.73. The van der Waals surface area contributed by atoms with Crippen LogP contribution >= 0.6 is 11.3 Å². The van der Waals surface area contributed by atoms with E-state index in [1.54, 1.807) is 17.5 Å². The van der Waals surface area contributed by atoms with Gasteiger partial charge in [0.15, 0.2) is 0 Å². The minimum Gasteiger partial charge on any atom is -0.305 e. The molecule has 1 fully saturated rings. The van der Waals surface area contributed by atoms with Crippen LogP contribution in [0.2, 0.25) is 19.6 Å². The molecule has 2 nitrogen and oxygen atoms in total. The van der Waals surface area contributed by atoms with E-state index in [4.69, 9.17) is 5.48 Å². The molecule has 279 valence electrons. The Labute approximate surface area is 347 Å². The predicted molar refractivity (Wildman–Crippen MR) is 232 cm³/mol. The van der Waals surface area contributed by atoms with Crippen molar-refractivity contribution in [2.75, 3.05) is 0 Å². The van der Waals surface area contributed by atoms with E-state index < -0.39 is 26.2 Å². The van der Waals surface area contributed by atoms with Crippen LogP contribution in [0.25, 0.3) is 53.8 Å². The van der Waals surface area contributed by atoms with Crippen LogP contribution in [0, 0.1) is 23.5 Å². The molecule has 0 aliphatic heterocycles. The summed E-state index contributed by atoms with van der Waals surface area (Å²) in [5, 5.41) is 3.54. The third-order valence-corrected chi connectivity index (χ3v) is 12.9.